The molecule has 152 valence electrons. The van der Waals surface area contributed by atoms with Gasteiger partial charge in [-0.1, -0.05) is 68.4 Å². The highest BCUT2D eigenvalue weighted by Gasteiger charge is 2.36. The molecule has 1 aliphatic carbocycles. The van der Waals surface area contributed by atoms with Gasteiger partial charge >= 0.3 is 0 Å². The third-order valence-electron chi connectivity index (χ3n) is 5.57. The van der Waals surface area contributed by atoms with Crippen molar-refractivity contribution in [3.05, 3.63) is 83.6 Å². The fourth-order valence-electron chi connectivity index (χ4n) is 4.16. The van der Waals surface area contributed by atoms with Gasteiger partial charge in [0.1, 0.15) is 5.76 Å². The van der Waals surface area contributed by atoms with Crippen LogP contribution in [0.15, 0.2) is 83.1 Å². The Morgan fingerprint density at radius 2 is 1.70 bits per heavy atom. The number of Topliss-reactive ketones (excluding diaryl/α,β-unsaturated/α-hetero) is 1. The second kappa shape index (κ2) is 7.79. The average molecular weight is 399 g/mol. The molecule has 3 aromatic carbocycles. The number of hydrogen-bond donors (Lipinski definition) is 2. The van der Waals surface area contributed by atoms with E-state index in [0.717, 1.165) is 16.3 Å². The van der Waals surface area contributed by atoms with Crippen LogP contribution in [-0.2, 0) is 11.2 Å². The standard InChI is InChI=1S/C26H26N2O2/c1-26(2)15-22(28-21-13-6-5-12-20(21)27)25(24(30)16-26)23(29)14-18-10-7-9-17-8-3-4-11-19(17)18/h3-13,29H,14-16,27H2,1-2H3. The minimum atomic E-state index is -0.220. The van der Waals surface area contributed by atoms with Crippen molar-refractivity contribution >= 4 is 33.6 Å². The summed E-state index contributed by atoms with van der Waals surface area (Å²) in [7, 11) is 0. The van der Waals surface area contributed by atoms with Crippen LogP contribution < -0.4 is 5.73 Å². The summed E-state index contributed by atoms with van der Waals surface area (Å²) in [6.45, 7) is 4.10. The molecule has 4 nitrogen and oxygen atoms in total. The summed E-state index contributed by atoms with van der Waals surface area (Å²) in [5, 5.41) is 13.3. The number of aliphatic hydroxyl groups is 1. The van der Waals surface area contributed by atoms with Crippen LogP contribution in [0, 0.1) is 5.41 Å². The summed E-state index contributed by atoms with van der Waals surface area (Å²) in [4.78, 5) is 17.8. The predicted molar refractivity (Wildman–Crippen MR) is 123 cm³/mol. The summed E-state index contributed by atoms with van der Waals surface area (Å²) >= 11 is 0. The quantitative estimate of drug-likeness (QED) is 0.326. The molecule has 1 aliphatic rings. The zero-order chi connectivity index (χ0) is 21.3. The van der Waals surface area contributed by atoms with Crippen LogP contribution in [0.5, 0.6) is 0 Å². The number of ketones is 1. The lowest BCUT2D eigenvalue weighted by molar-refractivity contribution is -0.117. The Kier molecular flexibility index (Phi) is 5.17. The molecule has 0 amide bonds. The van der Waals surface area contributed by atoms with E-state index in [2.05, 4.69) is 0 Å². The molecule has 0 heterocycles. The zero-order valence-corrected chi connectivity index (χ0v) is 17.4. The van der Waals surface area contributed by atoms with E-state index in [-0.39, 0.29) is 23.4 Å². The topological polar surface area (TPSA) is 75.7 Å². The van der Waals surface area contributed by atoms with Crippen molar-refractivity contribution in [3.63, 3.8) is 0 Å². The largest absolute Gasteiger partial charge is 0.511 e. The smallest absolute Gasteiger partial charge is 0.168 e. The Balaban J connectivity index is 1.81. The van der Waals surface area contributed by atoms with Gasteiger partial charge in [-0.3, -0.25) is 9.79 Å². The first-order chi connectivity index (χ1) is 14.3. The van der Waals surface area contributed by atoms with E-state index in [1.54, 1.807) is 6.07 Å². The molecule has 0 spiro atoms. The maximum atomic E-state index is 13.1. The minimum absolute atomic E-state index is 0.0695. The number of nitrogens with two attached hydrogens (primary N) is 1. The van der Waals surface area contributed by atoms with Crippen LogP contribution in [0.1, 0.15) is 32.3 Å². The second-order valence-electron chi connectivity index (χ2n) is 8.69. The molecule has 0 radical (unpaired) electrons. The number of carbonyl (C=O) groups excluding carboxylic acids is 1. The summed E-state index contributed by atoms with van der Waals surface area (Å²) in [5.41, 5.74) is 8.95. The maximum Gasteiger partial charge on any atom is 0.168 e. The molecule has 0 bridgehead atoms. The number of allylic oxidation sites excluding steroid dienone is 2. The monoisotopic (exact) mass is 398 g/mol. The predicted octanol–water partition coefficient (Wildman–Crippen LogP) is 5.94. The van der Waals surface area contributed by atoms with Crippen molar-refractivity contribution in [3.8, 4) is 0 Å². The van der Waals surface area contributed by atoms with Crippen LogP contribution >= 0.6 is 0 Å². The number of carbonyl (C=O) groups is 1. The number of para-hydroxylation sites is 2. The Labute approximate surface area is 176 Å². The molecule has 4 heteroatoms. The highest BCUT2D eigenvalue weighted by Crippen LogP contribution is 2.37. The number of nitrogen functional groups attached to an aromatic ring is 1. The molecule has 3 N–H and O–H groups in total. The summed E-state index contributed by atoms with van der Waals surface area (Å²) in [6, 6.07) is 21.4. The van der Waals surface area contributed by atoms with Crippen molar-refractivity contribution in [2.24, 2.45) is 10.4 Å². The molecule has 0 saturated heterocycles. The summed E-state index contributed by atoms with van der Waals surface area (Å²) in [5.74, 6) is -0.00246. The lowest BCUT2D eigenvalue weighted by Gasteiger charge is -2.31. The molecule has 0 unspecified atom stereocenters. The van der Waals surface area contributed by atoms with E-state index < -0.39 is 0 Å². The highest BCUT2D eigenvalue weighted by molar-refractivity contribution is 6.25. The Morgan fingerprint density at radius 3 is 2.50 bits per heavy atom. The molecular weight excluding hydrogens is 372 g/mol. The van der Waals surface area contributed by atoms with Crippen molar-refractivity contribution < 1.29 is 9.90 Å². The van der Waals surface area contributed by atoms with Gasteiger partial charge in [-0.25, -0.2) is 0 Å². The van der Waals surface area contributed by atoms with Gasteiger partial charge in [0.15, 0.2) is 5.78 Å². The number of aliphatic imine (C=N–C) groups is 1. The second-order valence-corrected chi connectivity index (χ2v) is 8.69. The van der Waals surface area contributed by atoms with Gasteiger partial charge in [0.2, 0.25) is 0 Å². The van der Waals surface area contributed by atoms with Crippen molar-refractivity contribution in [2.45, 2.75) is 33.1 Å². The van der Waals surface area contributed by atoms with E-state index >= 15 is 0 Å². The normalized spacial score (nSPS) is 19.3. The van der Waals surface area contributed by atoms with Crippen LogP contribution in [0.3, 0.4) is 0 Å². The molecule has 0 aromatic heterocycles. The van der Waals surface area contributed by atoms with Gasteiger partial charge in [-0.15, -0.1) is 0 Å². The van der Waals surface area contributed by atoms with Gasteiger partial charge in [0.05, 0.1) is 22.7 Å². The van der Waals surface area contributed by atoms with Crippen LogP contribution in [0.4, 0.5) is 11.4 Å². The number of fused-ring (bicyclic) bond motifs is 1. The molecule has 0 aliphatic heterocycles. The number of anilines is 1. The maximum absolute atomic E-state index is 13.1. The van der Waals surface area contributed by atoms with Crippen LogP contribution in [0.25, 0.3) is 10.8 Å². The molecule has 0 atom stereocenters. The van der Waals surface area contributed by atoms with Gasteiger partial charge < -0.3 is 10.8 Å². The fraction of sp³-hybridized carbons (Fsp3) is 0.231. The first kappa shape index (κ1) is 19.9. The summed E-state index contributed by atoms with van der Waals surface area (Å²) in [6.07, 6.45) is 1.26. The number of benzene rings is 3. The Bertz CT molecular complexity index is 1180. The molecule has 4 rings (SSSR count). The SMILES string of the molecule is CC1(C)CC(=O)C(=C(O)Cc2cccc3ccccc23)C(=Nc2ccccc2N)C1. The Hall–Kier alpha value is -3.40. The van der Waals surface area contributed by atoms with Crippen molar-refractivity contribution in [1.29, 1.82) is 0 Å². The molecule has 30 heavy (non-hydrogen) atoms. The van der Waals surface area contributed by atoms with Gasteiger partial charge in [0, 0.05) is 12.8 Å². The molecule has 1 fully saturated rings. The van der Waals surface area contributed by atoms with Crippen molar-refractivity contribution in [1.82, 2.24) is 0 Å². The minimum Gasteiger partial charge on any atom is -0.511 e. The van der Waals surface area contributed by atoms with Gasteiger partial charge in [0.25, 0.3) is 0 Å². The zero-order valence-electron chi connectivity index (χ0n) is 17.4. The van der Waals surface area contributed by atoms with Crippen LogP contribution in [0.2, 0.25) is 0 Å². The third-order valence-corrected chi connectivity index (χ3v) is 5.57. The highest BCUT2D eigenvalue weighted by atomic mass is 16.3. The molecular formula is C26H26N2O2. The third kappa shape index (κ3) is 3.99. The van der Waals surface area contributed by atoms with Crippen LogP contribution in [-0.4, -0.2) is 16.6 Å². The van der Waals surface area contributed by atoms with E-state index in [4.69, 9.17) is 10.7 Å². The average Bonchev–Trinajstić information content (AvgIpc) is 2.69. The fourth-order valence-corrected chi connectivity index (χ4v) is 4.16. The molecule has 1 saturated carbocycles. The van der Waals surface area contributed by atoms with Gasteiger partial charge in [-0.05, 0) is 40.3 Å². The summed E-state index contributed by atoms with van der Waals surface area (Å²) < 4.78 is 0. The first-order valence-corrected chi connectivity index (χ1v) is 10.2. The van der Waals surface area contributed by atoms with Gasteiger partial charge in [-0.2, -0.15) is 0 Å². The number of rotatable bonds is 3. The number of hydrogen-bond acceptors (Lipinski definition) is 4. The number of nitrogens with zero attached hydrogens (tertiary/aromatic N) is 1. The molecule has 3 aromatic rings. The lowest BCUT2D eigenvalue weighted by Crippen LogP contribution is -2.32. The number of aliphatic hydroxyl groups excluding tert-OH is 1. The van der Waals surface area contributed by atoms with E-state index in [1.165, 1.54) is 0 Å². The Morgan fingerprint density at radius 1 is 1.00 bits per heavy atom. The lowest BCUT2D eigenvalue weighted by atomic mass is 9.73. The van der Waals surface area contributed by atoms with E-state index in [9.17, 15) is 9.90 Å². The van der Waals surface area contributed by atoms with E-state index in [0.29, 0.717) is 35.5 Å². The van der Waals surface area contributed by atoms with E-state index in [1.807, 2.05) is 74.5 Å². The van der Waals surface area contributed by atoms with Crippen molar-refractivity contribution in [2.75, 3.05) is 5.73 Å². The first-order valence-electron chi connectivity index (χ1n) is 10.2.